The van der Waals surface area contributed by atoms with Crippen LogP contribution in [0, 0.1) is 0 Å². The first-order valence-electron chi connectivity index (χ1n) is 10.7. The number of hydrogen-bond acceptors (Lipinski definition) is 4. The average Bonchev–Trinajstić information content (AvgIpc) is 3.20. The van der Waals surface area contributed by atoms with E-state index < -0.39 is 10.0 Å². The van der Waals surface area contributed by atoms with E-state index in [1.165, 1.54) is 5.69 Å². The molecule has 3 rings (SSSR count). The van der Waals surface area contributed by atoms with Crippen LogP contribution in [0.5, 0.6) is 0 Å². The van der Waals surface area contributed by atoms with Crippen molar-refractivity contribution < 1.29 is 8.42 Å². The number of benzene rings is 2. The highest BCUT2D eigenvalue weighted by Crippen LogP contribution is 2.19. The predicted molar refractivity (Wildman–Crippen MR) is 128 cm³/mol. The molecule has 0 aromatic heterocycles. The van der Waals surface area contributed by atoms with Crippen molar-refractivity contribution >= 4 is 21.7 Å². The number of aliphatic imine (C=N–C) groups is 1. The summed E-state index contributed by atoms with van der Waals surface area (Å²) in [5.74, 6) is 0.682. The predicted octanol–water partition coefficient (Wildman–Crippen LogP) is 2.46. The summed E-state index contributed by atoms with van der Waals surface area (Å²) in [6.45, 7) is 6.07. The van der Waals surface area contributed by atoms with E-state index in [1.807, 2.05) is 44.2 Å². The van der Waals surface area contributed by atoms with E-state index in [-0.39, 0.29) is 11.8 Å². The molecule has 1 unspecified atom stereocenters. The molecule has 1 aliphatic heterocycles. The zero-order valence-electron chi connectivity index (χ0n) is 18.5. The fourth-order valence-electron chi connectivity index (χ4n) is 3.79. The number of para-hydroxylation sites is 1. The lowest BCUT2D eigenvalue weighted by molar-refractivity contribution is 0.568. The molecule has 1 heterocycles. The molecule has 1 fully saturated rings. The SMILES string of the molecule is CN=C(NCc1ccccc1CS(=O)(=O)NC(C)C)NC1CCN(c2ccccc2)C1. The van der Waals surface area contributed by atoms with Crippen molar-refractivity contribution in [1.29, 1.82) is 0 Å². The molecule has 1 atom stereocenters. The van der Waals surface area contributed by atoms with Gasteiger partial charge in [0.05, 0.1) is 5.75 Å². The maximum atomic E-state index is 12.4. The number of nitrogens with zero attached hydrogens (tertiary/aromatic N) is 2. The van der Waals surface area contributed by atoms with Gasteiger partial charge in [0.1, 0.15) is 0 Å². The van der Waals surface area contributed by atoms with Crippen LogP contribution in [0.1, 0.15) is 31.4 Å². The van der Waals surface area contributed by atoms with Crippen LogP contribution in [-0.4, -0.2) is 46.6 Å². The summed E-state index contributed by atoms with van der Waals surface area (Å²) in [5.41, 5.74) is 2.96. The van der Waals surface area contributed by atoms with Gasteiger partial charge in [-0.2, -0.15) is 0 Å². The third-order valence-electron chi connectivity index (χ3n) is 5.20. The zero-order chi connectivity index (χ0) is 22.3. The molecule has 0 radical (unpaired) electrons. The molecule has 168 valence electrons. The Hall–Kier alpha value is -2.58. The number of anilines is 1. The van der Waals surface area contributed by atoms with Gasteiger partial charge < -0.3 is 15.5 Å². The zero-order valence-corrected chi connectivity index (χ0v) is 19.3. The molecule has 3 N–H and O–H groups in total. The standard InChI is InChI=1S/C23H33N5O2S/c1-18(2)27-31(29,30)17-20-10-8-7-9-19(20)15-25-23(24-3)26-21-13-14-28(16-21)22-11-5-4-6-12-22/h4-12,18,21,27H,13-17H2,1-3H3,(H2,24,25,26). The molecular weight excluding hydrogens is 410 g/mol. The van der Waals surface area contributed by atoms with Crippen LogP contribution in [0.15, 0.2) is 59.6 Å². The maximum absolute atomic E-state index is 12.4. The van der Waals surface area contributed by atoms with Crippen molar-refractivity contribution in [2.75, 3.05) is 25.0 Å². The molecule has 1 saturated heterocycles. The third-order valence-corrected chi connectivity index (χ3v) is 6.72. The van der Waals surface area contributed by atoms with Crippen molar-refractivity contribution in [2.24, 2.45) is 4.99 Å². The molecule has 0 saturated carbocycles. The highest BCUT2D eigenvalue weighted by atomic mass is 32.2. The monoisotopic (exact) mass is 443 g/mol. The highest BCUT2D eigenvalue weighted by molar-refractivity contribution is 7.88. The molecule has 0 spiro atoms. The number of sulfonamides is 1. The lowest BCUT2D eigenvalue weighted by atomic mass is 10.1. The average molecular weight is 444 g/mol. The summed E-state index contributed by atoms with van der Waals surface area (Å²) in [7, 11) is -1.63. The Labute approximate surface area is 186 Å². The van der Waals surface area contributed by atoms with Crippen LogP contribution in [-0.2, 0) is 22.3 Å². The molecule has 7 nitrogen and oxygen atoms in total. The molecule has 1 aliphatic rings. The first kappa shape index (κ1) is 23.1. The van der Waals surface area contributed by atoms with Crippen LogP contribution in [0.3, 0.4) is 0 Å². The Morgan fingerprint density at radius 3 is 2.45 bits per heavy atom. The Morgan fingerprint density at radius 1 is 1.10 bits per heavy atom. The summed E-state index contributed by atoms with van der Waals surface area (Å²) in [5, 5.41) is 6.84. The highest BCUT2D eigenvalue weighted by Gasteiger charge is 2.23. The van der Waals surface area contributed by atoms with E-state index in [1.54, 1.807) is 7.05 Å². The second-order valence-corrected chi connectivity index (χ2v) is 9.89. The molecule has 31 heavy (non-hydrogen) atoms. The normalized spacial score (nSPS) is 17.2. The minimum atomic E-state index is -3.38. The summed E-state index contributed by atoms with van der Waals surface area (Å²) >= 11 is 0. The Bertz CT molecular complexity index is 976. The Balaban J connectivity index is 1.57. The minimum absolute atomic E-state index is 0.0380. The van der Waals surface area contributed by atoms with Gasteiger partial charge >= 0.3 is 0 Å². The van der Waals surface area contributed by atoms with Gasteiger partial charge in [-0.3, -0.25) is 4.99 Å². The molecular formula is C23H33N5O2S. The number of guanidine groups is 1. The summed E-state index contributed by atoms with van der Waals surface area (Å²) in [6.07, 6.45) is 1.03. The fourth-order valence-corrected chi connectivity index (χ4v) is 5.29. The summed E-state index contributed by atoms with van der Waals surface area (Å²) in [4.78, 5) is 6.72. The lowest BCUT2D eigenvalue weighted by Crippen LogP contribution is -2.44. The molecule has 0 amide bonds. The van der Waals surface area contributed by atoms with Crippen LogP contribution in [0.2, 0.25) is 0 Å². The molecule has 8 heteroatoms. The van der Waals surface area contributed by atoms with Gasteiger partial charge in [0.2, 0.25) is 10.0 Å². The summed E-state index contributed by atoms with van der Waals surface area (Å²) in [6, 6.07) is 18.2. The van der Waals surface area contributed by atoms with Crippen LogP contribution in [0.25, 0.3) is 0 Å². The van der Waals surface area contributed by atoms with Gasteiger partial charge in [-0.15, -0.1) is 0 Å². The van der Waals surface area contributed by atoms with Crippen LogP contribution >= 0.6 is 0 Å². The largest absolute Gasteiger partial charge is 0.369 e. The second kappa shape index (κ2) is 10.6. The quantitative estimate of drug-likeness (QED) is 0.431. The van der Waals surface area contributed by atoms with Gasteiger partial charge in [-0.25, -0.2) is 13.1 Å². The third kappa shape index (κ3) is 6.97. The van der Waals surface area contributed by atoms with Crippen molar-refractivity contribution in [3.63, 3.8) is 0 Å². The molecule has 0 aliphatic carbocycles. The number of nitrogens with one attached hydrogen (secondary N) is 3. The van der Waals surface area contributed by atoms with Crippen molar-refractivity contribution in [1.82, 2.24) is 15.4 Å². The minimum Gasteiger partial charge on any atom is -0.369 e. The van der Waals surface area contributed by atoms with E-state index in [4.69, 9.17) is 0 Å². The first-order valence-corrected chi connectivity index (χ1v) is 12.4. The van der Waals surface area contributed by atoms with E-state index >= 15 is 0 Å². The van der Waals surface area contributed by atoms with Gasteiger partial charge in [-0.05, 0) is 43.5 Å². The van der Waals surface area contributed by atoms with Crippen LogP contribution in [0.4, 0.5) is 5.69 Å². The lowest BCUT2D eigenvalue weighted by Gasteiger charge is -2.20. The van der Waals surface area contributed by atoms with Crippen LogP contribution < -0.4 is 20.3 Å². The van der Waals surface area contributed by atoms with E-state index in [0.717, 1.165) is 36.6 Å². The smallest absolute Gasteiger partial charge is 0.216 e. The topological polar surface area (TPSA) is 85.8 Å². The molecule has 2 aromatic rings. The van der Waals surface area contributed by atoms with Crippen molar-refractivity contribution in [2.45, 2.75) is 44.6 Å². The van der Waals surface area contributed by atoms with E-state index in [9.17, 15) is 8.42 Å². The number of rotatable bonds is 8. The first-order chi connectivity index (χ1) is 14.9. The van der Waals surface area contributed by atoms with Crippen molar-refractivity contribution in [3.05, 3.63) is 65.7 Å². The molecule has 0 bridgehead atoms. The van der Waals surface area contributed by atoms with Gasteiger partial charge in [0.15, 0.2) is 5.96 Å². The van der Waals surface area contributed by atoms with Gasteiger partial charge in [0, 0.05) is 44.5 Å². The van der Waals surface area contributed by atoms with Gasteiger partial charge in [-0.1, -0.05) is 42.5 Å². The van der Waals surface area contributed by atoms with E-state index in [2.05, 4.69) is 49.5 Å². The van der Waals surface area contributed by atoms with Crippen molar-refractivity contribution in [3.8, 4) is 0 Å². The van der Waals surface area contributed by atoms with Gasteiger partial charge in [0.25, 0.3) is 0 Å². The number of hydrogen-bond donors (Lipinski definition) is 3. The summed E-state index contributed by atoms with van der Waals surface area (Å²) < 4.78 is 27.4. The fraction of sp³-hybridized carbons (Fsp3) is 0.435. The molecule has 2 aromatic carbocycles. The maximum Gasteiger partial charge on any atom is 0.216 e. The van der Waals surface area contributed by atoms with E-state index in [0.29, 0.717) is 12.6 Å². The Kier molecular flexibility index (Phi) is 7.92. The Morgan fingerprint density at radius 2 is 1.77 bits per heavy atom. The second-order valence-electron chi connectivity index (χ2n) is 8.14.